The number of amides is 1. The predicted octanol–water partition coefficient (Wildman–Crippen LogP) is 3.22. The van der Waals surface area contributed by atoms with Crippen LogP contribution in [0.3, 0.4) is 0 Å². The van der Waals surface area contributed by atoms with Gasteiger partial charge in [0.2, 0.25) is 5.91 Å². The monoisotopic (exact) mass is 274 g/mol. The van der Waals surface area contributed by atoms with Crippen molar-refractivity contribution in [2.75, 3.05) is 5.32 Å². The molecule has 1 aliphatic carbocycles. The Bertz CT molecular complexity index is 480. The van der Waals surface area contributed by atoms with E-state index in [-0.39, 0.29) is 11.8 Å². The number of aromatic amines is 1. The highest BCUT2D eigenvalue weighted by Gasteiger charge is 2.26. The number of carbonyl (C=O) groups excluding carboxylic acids is 1. The Kier molecular flexibility index (Phi) is 5.16. The fourth-order valence-electron chi connectivity index (χ4n) is 2.90. The standard InChI is InChI=1S/C15H22N4O/c1-2-3-4-11-5-7-12(8-6-11)15(20)18-14-13(9-16)10-17-19-14/h10-12H,2-8H2,1H3,(H2,17,18,19,20). The number of nitrogens with one attached hydrogen (secondary N) is 2. The van der Waals surface area contributed by atoms with Crippen LogP contribution in [0.2, 0.25) is 0 Å². The molecule has 1 aliphatic rings. The number of hydrogen-bond acceptors (Lipinski definition) is 3. The number of rotatable bonds is 5. The highest BCUT2D eigenvalue weighted by molar-refractivity contribution is 5.92. The quantitative estimate of drug-likeness (QED) is 0.865. The molecule has 1 aromatic rings. The lowest BCUT2D eigenvalue weighted by molar-refractivity contribution is -0.121. The molecule has 0 aromatic carbocycles. The van der Waals surface area contributed by atoms with Crippen LogP contribution >= 0.6 is 0 Å². The number of anilines is 1. The maximum atomic E-state index is 12.2. The summed E-state index contributed by atoms with van der Waals surface area (Å²) in [7, 11) is 0. The van der Waals surface area contributed by atoms with Gasteiger partial charge < -0.3 is 5.32 Å². The van der Waals surface area contributed by atoms with Gasteiger partial charge in [0.15, 0.2) is 0 Å². The van der Waals surface area contributed by atoms with E-state index in [1.165, 1.54) is 25.5 Å². The Morgan fingerprint density at radius 3 is 2.90 bits per heavy atom. The summed E-state index contributed by atoms with van der Waals surface area (Å²) in [5, 5.41) is 18.1. The molecule has 1 fully saturated rings. The Morgan fingerprint density at radius 2 is 2.25 bits per heavy atom. The first-order valence-corrected chi connectivity index (χ1v) is 7.49. The summed E-state index contributed by atoms with van der Waals surface area (Å²) >= 11 is 0. The Labute approximate surface area is 119 Å². The van der Waals surface area contributed by atoms with Crippen molar-refractivity contribution in [1.82, 2.24) is 10.2 Å². The zero-order chi connectivity index (χ0) is 14.4. The van der Waals surface area contributed by atoms with Crippen molar-refractivity contribution in [3.05, 3.63) is 11.8 Å². The van der Waals surface area contributed by atoms with Crippen LogP contribution in [-0.4, -0.2) is 16.1 Å². The summed E-state index contributed by atoms with van der Waals surface area (Å²) in [6.45, 7) is 2.22. The van der Waals surface area contributed by atoms with Gasteiger partial charge in [0.05, 0.1) is 6.20 Å². The first-order chi connectivity index (χ1) is 9.74. The summed E-state index contributed by atoms with van der Waals surface area (Å²) in [4.78, 5) is 12.2. The minimum Gasteiger partial charge on any atom is -0.310 e. The number of nitriles is 1. The van der Waals surface area contributed by atoms with Gasteiger partial charge in [-0.1, -0.05) is 26.2 Å². The molecule has 2 N–H and O–H groups in total. The van der Waals surface area contributed by atoms with Gasteiger partial charge >= 0.3 is 0 Å². The second-order valence-electron chi connectivity index (χ2n) is 5.62. The largest absolute Gasteiger partial charge is 0.310 e. The van der Waals surface area contributed by atoms with Crippen molar-refractivity contribution in [3.8, 4) is 6.07 Å². The molecule has 5 nitrogen and oxygen atoms in total. The van der Waals surface area contributed by atoms with Crippen molar-refractivity contribution >= 4 is 11.7 Å². The molecule has 0 aliphatic heterocycles. The Hall–Kier alpha value is -1.83. The highest BCUT2D eigenvalue weighted by Crippen LogP contribution is 2.32. The lowest BCUT2D eigenvalue weighted by Crippen LogP contribution is -2.27. The van der Waals surface area contributed by atoms with Gasteiger partial charge in [-0.15, -0.1) is 0 Å². The van der Waals surface area contributed by atoms with Crippen molar-refractivity contribution in [2.24, 2.45) is 11.8 Å². The molecular formula is C15H22N4O. The van der Waals surface area contributed by atoms with Gasteiger partial charge in [0, 0.05) is 5.92 Å². The Morgan fingerprint density at radius 1 is 1.50 bits per heavy atom. The van der Waals surface area contributed by atoms with Crippen molar-refractivity contribution in [1.29, 1.82) is 5.26 Å². The molecule has 0 atom stereocenters. The highest BCUT2D eigenvalue weighted by atomic mass is 16.1. The molecule has 1 aromatic heterocycles. The van der Waals surface area contributed by atoms with E-state index in [1.54, 1.807) is 0 Å². The van der Waals surface area contributed by atoms with E-state index < -0.39 is 0 Å². The Balaban J connectivity index is 1.82. The molecule has 1 amide bonds. The van der Waals surface area contributed by atoms with E-state index in [2.05, 4.69) is 22.4 Å². The second-order valence-corrected chi connectivity index (χ2v) is 5.62. The third-order valence-corrected chi connectivity index (χ3v) is 4.19. The molecule has 108 valence electrons. The molecule has 0 radical (unpaired) electrons. The van der Waals surface area contributed by atoms with E-state index in [0.717, 1.165) is 31.6 Å². The van der Waals surface area contributed by atoms with Crippen LogP contribution in [0, 0.1) is 23.2 Å². The number of carbonyl (C=O) groups is 1. The molecule has 0 unspecified atom stereocenters. The lowest BCUT2D eigenvalue weighted by Gasteiger charge is -2.27. The fourth-order valence-corrected chi connectivity index (χ4v) is 2.90. The molecule has 1 saturated carbocycles. The number of aromatic nitrogens is 2. The number of hydrogen-bond donors (Lipinski definition) is 2. The van der Waals surface area contributed by atoms with Crippen LogP contribution in [0.15, 0.2) is 6.20 Å². The topological polar surface area (TPSA) is 81.6 Å². The van der Waals surface area contributed by atoms with E-state index in [9.17, 15) is 4.79 Å². The van der Waals surface area contributed by atoms with E-state index in [1.807, 2.05) is 6.07 Å². The van der Waals surface area contributed by atoms with Crippen LogP contribution in [0.5, 0.6) is 0 Å². The maximum absolute atomic E-state index is 12.2. The van der Waals surface area contributed by atoms with E-state index >= 15 is 0 Å². The van der Waals surface area contributed by atoms with Crippen molar-refractivity contribution < 1.29 is 4.79 Å². The fraction of sp³-hybridized carbons (Fsp3) is 0.667. The molecule has 0 saturated heterocycles. The zero-order valence-electron chi connectivity index (χ0n) is 12.0. The number of nitrogens with zero attached hydrogens (tertiary/aromatic N) is 2. The van der Waals surface area contributed by atoms with Gasteiger partial charge in [0.25, 0.3) is 0 Å². The summed E-state index contributed by atoms with van der Waals surface area (Å²) in [6.07, 6.45) is 9.46. The third-order valence-electron chi connectivity index (χ3n) is 4.19. The van der Waals surface area contributed by atoms with Gasteiger partial charge in [-0.2, -0.15) is 10.4 Å². The van der Waals surface area contributed by atoms with Gasteiger partial charge in [-0.05, 0) is 31.6 Å². The minimum absolute atomic E-state index is 0.0136. The molecule has 20 heavy (non-hydrogen) atoms. The minimum atomic E-state index is 0.0136. The van der Waals surface area contributed by atoms with E-state index in [0.29, 0.717) is 11.4 Å². The van der Waals surface area contributed by atoms with Crippen LogP contribution < -0.4 is 5.32 Å². The normalized spacial score (nSPS) is 22.2. The third kappa shape index (κ3) is 3.60. The number of unbranched alkanes of at least 4 members (excludes halogenated alkanes) is 1. The average Bonchev–Trinajstić information content (AvgIpc) is 2.92. The SMILES string of the molecule is CCCCC1CCC(C(=O)Nc2[nH]ncc2C#N)CC1. The predicted molar refractivity (Wildman–Crippen MR) is 76.9 cm³/mol. The summed E-state index contributed by atoms with van der Waals surface area (Å²) in [5.41, 5.74) is 0.384. The van der Waals surface area contributed by atoms with Gasteiger partial charge in [-0.3, -0.25) is 9.89 Å². The first kappa shape index (κ1) is 14.6. The van der Waals surface area contributed by atoms with E-state index in [4.69, 9.17) is 5.26 Å². The zero-order valence-corrected chi connectivity index (χ0v) is 12.0. The van der Waals surface area contributed by atoms with Gasteiger partial charge in [-0.25, -0.2) is 0 Å². The van der Waals surface area contributed by atoms with Crippen LogP contribution in [-0.2, 0) is 4.79 Å². The molecule has 0 spiro atoms. The van der Waals surface area contributed by atoms with Gasteiger partial charge in [0.1, 0.15) is 17.5 Å². The molecular weight excluding hydrogens is 252 g/mol. The molecule has 0 bridgehead atoms. The van der Waals surface area contributed by atoms with Crippen molar-refractivity contribution in [2.45, 2.75) is 51.9 Å². The second kappa shape index (κ2) is 7.09. The van der Waals surface area contributed by atoms with Crippen molar-refractivity contribution in [3.63, 3.8) is 0 Å². The maximum Gasteiger partial charge on any atom is 0.228 e. The molecule has 2 rings (SSSR count). The smallest absolute Gasteiger partial charge is 0.228 e. The lowest BCUT2D eigenvalue weighted by atomic mass is 9.79. The molecule has 1 heterocycles. The van der Waals surface area contributed by atoms with Crippen LogP contribution in [0.1, 0.15) is 57.4 Å². The van der Waals surface area contributed by atoms with Crippen LogP contribution in [0.25, 0.3) is 0 Å². The van der Waals surface area contributed by atoms with Crippen LogP contribution in [0.4, 0.5) is 5.82 Å². The summed E-state index contributed by atoms with van der Waals surface area (Å²) < 4.78 is 0. The molecule has 5 heteroatoms. The summed E-state index contributed by atoms with van der Waals surface area (Å²) in [5.74, 6) is 1.30. The summed E-state index contributed by atoms with van der Waals surface area (Å²) in [6, 6.07) is 2.01. The number of H-pyrrole nitrogens is 1. The average molecular weight is 274 g/mol. The first-order valence-electron chi connectivity index (χ1n) is 7.49.